The molecule has 0 amide bonds. The van der Waals surface area contributed by atoms with Gasteiger partial charge in [-0.3, -0.25) is 0 Å². The van der Waals surface area contributed by atoms with Crippen LogP contribution >= 0.6 is 0 Å². The number of halogens is 1. The zero-order valence-corrected chi connectivity index (χ0v) is 17.7. The third-order valence-corrected chi connectivity index (χ3v) is 5.87. The van der Waals surface area contributed by atoms with E-state index in [2.05, 4.69) is 27.3 Å². The van der Waals surface area contributed by atoms with Gasteiger partial charge in [-0.2, -0.15) is 0 Å². The molecule has 0 spiro atoms. The summed E-state index contributed by atoms with van der Waals surface area (Å²) in [6.07, 6.45) is 4.24. The molecule has 6 heteroatoms. The molecule has 30 heavy (non-hydrogen) atoms. The summed E-state index contributed by atoms with van der Waals surface area (Å²) in [5, 5.41) is 4.50. The summed E-state index contributed by atoms with van der Waals surface area (Å²) in [6, 6.07) is 13.4. The summed E-state index contributed by atoms with van der Waals surface area (Å²) >= 11 is 0. The highest BCUT2D eigenvalue weighted by molar-refractivity contribution is 5.81. The van der Waals surface area contributed by atoms with E-state index >= 15 is 0 Å². The molecule has 1 aliphatic heterocycles. The first-order chi connectivity index (χ1) is 14.6. The number of hydrogen-bond acceptors (Lipinski definition) is 5. The summed E-state index contributed by atoms with van der Waals surface area (Å²) < 4.78 is 19.0. The minimum absolute atomic E-state index is 0.251. The maximum Gasteiger partial charge on any atom is 0.226 e. The van der Waals surface area contributed by atoms with E-state index in [1.54, 1.807) is 13.2 Å². The van der Waals surface area contributed by atoms with Crippen LogP contribution in [-0.2, 0) is 6.42 Å². The Morgan fingerprint density at radius 1 is 1.13 bits per heavy atom. The van der Waals surface area contributed by atoms with Gasteiger partial charge in [-0.15, -0.1) is 0 Å². The predicted molar refractivity (Wildman–Crippen MR) is 119 cm³/mol. The van der Waals surface area contributed by atoms with Crippen LogP contribution in [0.1, 0.15) is 30.5 Å². The maximum atomic E-state index is 13.5. The van der Waals surface area contributed by atoms with Crippen LogP contribution in [0.2, 0.25) is 0 Å². The number of nitrogens with one attached hydrogen (secondary N) is 1. The van der Waals surface area contributed by atoms with Crippen LogP contribution in [0.25, 0.3) is 10.9 Å². The normalized spacial score (nSPS) is 17.2. The molecule has 4 rings (SSSR count). The SMILES string of the molecule is COc1ccccc1CCNC1CCCN(c2nc(C)c3cc(F)ccc3n2)CC1. The van der Waals surface area contributed by atoms with Gasteiger partial charge in [0.15, 0.2) is 0 Å². The van der Waals surface area contributed by atoms with Gasteiger partial charge in [-0.25, -0.2) is 14.4 Å². The van der Waals surface area contributed by atoms with Crippen LogP contribution in [0.5, 0.6) is 5.75 Å². The third-order valence-electron chi connectivity index (χ3n) is 5.87. The van der Waals surface area contributed by atoms with E-state index in [4.69, 9.17) is 9.72 Å². The predicted octanol–water partition coefficient (Wildman–Crippen LogP) is 4.28. The number of fused-ring (bicyclic) bond motifs is 1. The fraction of sp³-hybridized carbons (Fsp3) is 0.417. The van der Waals surface area contributed by atoms with E-state index in [1.165, 1.54) is 17.7 Å². The van der Waals surface area contributed by atoms with Crippen molar-refractivity contribution in [3.05, 3.63) is 59.5 Å². The number of benzene rings is 2. The van der Waals surface area contributed by atoms with Gasteiger partial charge >= 0.3 is 0 Å². The van der Waals surface area contributed by atoms with E-state index in [-0.39, 0.29) is 5.82 Å². The number of para-hydroxylation sites is 1. The lowest BCUT2D eigenvalue weighted by Gasteiger charge is -2.21. The number of rotatable bonds is 6. The standard InChI is InChI=1S/C24H29FN4O/c1-17-21-16-19(25)9-10-22(21)28-24(27-17)29-14-5-7-20(12-15-29)26-13-11-18-6-3-4-8-23(18)30-2/h3-4,6,8-10,16,20,26H,5,7,11-15H2,1-2H3. The van der Waals surface area contributed by atoms with Crippen molar-refractivity contribution in [3.8, 4) is 5.75 Å². The summed E-state index contributed by atoms with van der Waals surface area (Å²) in [4.78, 5) is 11.6. The van der Waals surface area contributed by atoms with E-state index in [9.17, 15) is 4.39 Å². The topological polar surface area (TPSA) is 50.3 Å². The molecular formula is C24H29FN4O. The van der Waals surface area contributed by atoms with Crippen LogP contribution in [0.3, 0.4) is 0 Å². The van der Waals surface area contributed by atoms with Gasteiger partial charge < -0.3 is 15.0 Å². The van der Waals surface area contributed by atoms with Gasteiger partial charge in [0.2, 0.25) is 5.95 Å². The average Bonchev–Trinajstić information content (AvgIpc) is 3.00. The van der Waals surface area contributed by atoms with Crippen molar-refractivity contribution in [1.82, 2.24) is 15.3 Å². The Kier molecular flexibility index (Phi) is 6.43. The van der Waals surface area contributed by atoms with Crippen molar-refractivity contribution in [3.63, 3.8) is 0 Å². The number of ether oxygens (including phenoxy) is 1. The van der Waals surface area contributed by atoms with Crippen molar-refractivity contribution < 1.29 is 9.13 Å². The van der Waals surface area contributed by atoms with Crippen LogP contribution in [-0.4, -0.2) is 42.8 Å². The molecule has 0 aliphatic carbocycles. The first-order valence-electron chi connectivity index (χ1n) is 10.7. The fourth-order valence-corrected chi connectivity index (χ4v) is 4.20. The Morgan fingerprint density at radius 2 is 2.00 bits per heavy atom. The molecule has 1 saturated heterocycles. The lowest BCUT2D eigenvalue weighted by atomic mass is 10.1. The second kappa shape index (κ2) is 9.39. The molecule has 1 N–H and O–H groups in total. The summed E-state index contributed by atoms with van der Waals surface area (Å²) in [5.41, 5.74) is 2.86. The van der Waals surface area contributed by atoms with E-state index in [0.717, 1.165) is 73.6 Å². The highest BCUT2D eigenvalue weighted by Crippen LogP contribution is 2.23. The first-order valence-corrected chi connectivity index (χ1v) is 10.7. The van der Waals surface area contributed by atoms with E-state index < -0.39 is 0 Å². The number of anilines is 1. The van der Waals surface area contributed by atoms with Crippen molar-refractivity contribution >= 4 is 16.9 Å². The van der Waals surface area contributed by atoms with Crippen molar-refractivity contribution in [2.24, 2.45) is 0 Å². The molecule has 3 aromatic rings. The van der Waals surface area contributed by atoms with Gasteiger partial charge in [-0.05, 0) is 69.0 Å². The second-order valence-corrected chi connectivity index (χ2v) is 7.90. The van der Waals surface area contributed by atoms with Gasteiger partial charge in [0.1, 0.15) is 11.6 Å². The van der Waals surface area contributed by atoms with E-state index in [1.807, 2.05) is 19.1 Å². The largest absolute Gasteiger partial charge is 0.496 e. The van der Waals surface area contributed by atoms with Crippen LogP contribution in [0, 0.1) is 12.7 Å². The maximum absolute atomic E-state index is 13.5. The summed E-state index contributed by atoms with van der Waals surface area (Å²) in [5.74, 6) is 1.45. The summed E-state index contributed by atoms with van der Waals surface area (Å²) in [6.45, 7) is 4.71. The Hall–Kier alpha value is -2.73. The zero-order valence-electron chi connectivity index (χ0n) is 17.7. The van der Waals surface area contributed by atoms with Crippen molar-refractivity contribution in [2.45, 2.75) is 38.6 Å². The van der Waals surface area contributed by atoms with Crippen LogP contribution in [0.15, 0.2) is 42.5 Å². The lowest BCUT2D eigenvalue weighted by Crippen LogP contribution is -2.32. The number of aromatic nitrogens is 2. The average molecular weight is 409 g/mol. The molecule has 1 unspecified atom stereocenters. The molecule has 2 heterocycles. The number of hydrogen-bond donors (Lipinski definition) is 1. The molecule has 0 radical (unpaired) electrons. The Labute approximate surface area is 177 Å². The Morgan fingerprint density at radius 3 is 2.87 bits per heavy atom. The highest BCUT2D eigenvalue weighted by atomic mass is 19.1. The highest BCUT2D eigenvalue weighted by Gasteiger charge is 2.19. The molecule has 1 fully saturated rings. The van der Waals surface area contributed by atoms with Crippen molar-refractivity contribution in [2.75, 3.05) is 31.6 Å². The zero-order chi connectivity index (χ0) is 20.9. The Bertz CT molecular complexity index is 1010. The smallest absolute Gasteiger partial charge is 0.226 e. The first kappa shape index (κ1) is 20.5. The van der Waals surface area contributed by atoms with Crippen LogP contribution in [0.4, 0.5) is 10.3 Å². The molecule has 1 aliphatic rings. The van der Waals surface area contributed by atoms with Gasteiger partial charge in [0, 0.05) is 24.5 Å². The number of aryl methyl sites for hydroxylation is 1. The molecule has 2 aromatic carbocycles. The van der Waals surface area contributed by atoms with Gasteiger partial charge in [-0.1, -0.05) is 18.2 Å². The van der Waals surface area contributed by atoms with Gasteiger partial charge in [0.05, 0.1) is 18.3 Å². The summed E-state index contributed by atoms with van der Waals surface area (Å²) in [7, 11) is 1.72. The fourth-order valence-electron chi connectivity index (χ4n) is 4.20. The molecule has 1 aromatic heterocycles. The second-order valence-electron chi connectivity index (χ2n) is 7.90. The monoisotopic (exact) mass is 408 g/mol. The number of nitrogens with zero attached hydrogens (tertiary/aromatic N) is 3. The lowest BCUT2D eigenvalue weighted by molar-refractivity contribution is 0.407. The van der Waals surface area contributed by atoms with E-state index in [0.29, 0.717) is 6.04 Å². The molecule has 0 bridgehead atoms. The third kappa shape index (κ3) is 4.70. The van der Waals surface area contributed by atoms with Crippen molar-refractivity contribution in [1.29, 1.82) is 0 Å². The molecule has 1 atom stereocenters. The molecule has 5 nitrogen and oxygen atoms in total. The minimum atomic E-state index is -0.251. The van der Waals surface area contributed by atoms with Crippen LogP contribution < -0.4 is 15.0 Å². The quantitative estimate of drug-likeness (QED) is 0.660. The van der Waals surface area contributed by atoms with Gasteiger partial charge in [0.25, 0.3) is 0 Å². The molecular weight excluding hydrogens is 379 g/mol. The number of methoxy groups -OCH3 is 1. The minimum Gasteiger partial charge on any atom is -0.496 e. The molecule has 0 saturated carbocycles. The Balaban J connectivity index is 1.36. The molecule has 158 valence electrons.